The molecule has 18 heavy (non-hydrogen) atoms. The fourth-order valence-corrected chi connectivity index (χ4v) is 2.48. The van der Waals surface area contributed by atoms with E-state index in [0.717, 1.165) is 19.0 Å². The highest BCUT2D eigenvalue weighted by Crippen LogP contribution is 2.15. The van der Waals surface area contributed by atoms with Gasteiger partial charge in [0, 0.05) is 32.8 Å². The number of guanidine groups is 1. The fraction of sp³-hybridized carbons (Fsp3) is 0.923. The van der Waals surface area contributed by atoms with Crippen LogP contribution in [0.2, 0.25) is 0 Å². The minimum absolute atomic E-state index is 0.270. The number of likely N-dealkylation sites (tertiary alicyclic amines) is 1. The Kier molecular flexibility index (Phi) is 7.05. The zero-order valence-electron chi connectivity index (χ0n) is 12.2. The van der Waals surface area contributed by atoms with Crippen LogP contribution in [0.5, 0.6) is 0 Å². The van der Waals surface area contributed by atoms with Crippen molar-refractivity contribution in [2.45, 2.75) is 38.8 Å². The lowest BCUT2D eigenvalue weighted by Crippen LogP contribution is -2.48. The molecule has 1 heterocycles. The van der Waals surface area contributed by atoms with E-state index in [2.05, 4.69) is 34.4 Å². The van der Waals surface area contributed by atoms with Crippen molar-refractivity contribution < 1.29 is 4.74 Å². The monoisotopic (exact) mass is 256 g/mol. The number of ether oxygens (including phenoxy) is 1. The predicted octanol–water partition coefficient (Wildman–Crippen LogP) is 0.671. The Morgan fingerprint density at radius 3 is 2.94 bits per heavy atom. The van der Waals surface area contributed by atoms with Gasteiger partial charge in [-0.15, -0.1) is 0 Å². The Morgan fingerprint density at radius 1 is 1.56 bits per heavy atom. The van der Waals surface area contributed by atoms with E-state index in [1.807, 2.05) is 0 Å². The van der Waals surface area contributed by atoms with Crippen LogP contribution in [0.1, 0.15) is 26.7 Å². The molecule has 0 aromatic carbocycles. The summed E-state index contributed by atoms with van der Waals surface area (Å²) in [7, 11) is 3.52. The molecule has 0 bridgehead atoms. The van der Waals surface area contributed by atoms with Gasteiger partial charge < -0.3 is 15.4 Å². The maximum Gasteiger partial charge on any atom is 0.191 e. The van der Waals surface area contributed by atoms with Crippen LogP contribution in [0.25, 0.3) is 0 Å². The molecule has 106 valence electrons. The Hall–Kier alpha value is -0.810. The molecule has 0 aliphatic carbocycles. The number of methoxy groups -OCH3 is 1. The van der Waals surface area contributed by atoms with Gasteiger partial charge in [0.05, 0.1) is 6.61 Å². The highest BCUT2D eigenvalue weighted by molar-refractivity contribution is 5.79. The summed E-state index contributed by atoms with van der Waals surface area (Å²) in [6, 6.07) is 0.915. The molecule has 1 aliphatic rings. The van der Waals surface area contributed by atoms with Crippen molar-refractivity contribution in [1.82, 2.24) is 15.5 Å². The molecule has 5 heteroatoms. The summed E-state index contributed by atoms with van der Waals surface area (Å²) in [5, 5.41) is 6.73. The van der Waals surface area contributed by atoms with Crippen LogP contribution in [0.4, 0.5) is 0 Å². The van der Waals surface area contributed by atoms with Gasteiger partial charge in [0.2, 0.25) is 0 Å². The smallest absolute Gasteiger partial charge is 0.191 e. The molecule has 1 aliphatic heterocycles. The zero-order chi connectivity index (χ0) is 13.4. The number of rotatable bonds is 6. The molecule has 0 saturated carbocycles. The maximum absolute atomic E-state index is 5.11. The standard InChI is InChI=1S/C13H28N4O/c1-5-17-8-6-7-12(17)9-15-13(14-3)16-11(2)10-18-4/h11-12H,5-10H2,1-4H3,(H2,14,15,16). The van der Waals surface area contributed by atoms with Gasteiger partial charge in [0.25, 0.3) is 0 Å². The van der Waals surface area contributed by atoms with Gasteiger partial charge in [-0.2, -0.15) is 0 Å². The highest BCUT2D eigenvalue weighted by Gasteiger charge is 2.22. The molecule has 0 radical (unpaired) electrons. The Morgan fingerprint density at radius 2 is 2.33 bits per heavy atom. The summed E-state index contributed by atoms with van der Waals surface area (Å²) >= 11 is 0. The summed E-state index contributed by atoms with van der Waals surface area (Å²) in [5.74, 6) is 0.863. The number of likely N-dealkylation sites (N-methyl/N-ethyl adjacent to an activating group) is 1. The predicted molar refractivity (Wildman–Crippen MR) is 76.1 cm³/mol. The third-order valence-electron chi connectivity index (χ3n) is 3.43. The lowest BCUT2D eigenvalue weighted by Gasteiger charge is -2.24. The Bertz CT molecular complexity index is 257. The van der Waals surface area contributed by atoms with E-state index < -0.39 is 0 Å². The van der Waals surface area contributed by atoms with E-state index in [4.69, 9.17) is 4.74 Å². The zero-order valence-corrected chi connectivity index (χ0v) is 12.2. The van der Waals surface area contributed by atoms with Crippen LogP contribution in [0.15, 0.2) is 4.99 Å². The van der Waals surface area contributed by atoms with E-state index in [9.17, 15) is 0 Å². The van der Waals surface area contributed by atoms with Crippen molar-refractivity contribution in [3.63, 3.8) is 0 Å². The maximum atomic E-state index is 5.11. The second kappa shape index (κ2) is 8.32. The van der Waals surface area contributed by atoms with E-state index in [1.165, 1.54) is 19.4 Å². The van der Waals surface area contributed by atoms with Crippen LogP contribution in [0, 0.1) is 0 Å². The minimum atomic E-state index is 0.270. The van der Waals surface area contributed by atoms with Gasteiger partial charge in [-0.1, -0.05) is 6.92 Å². The molecular weight excluding hydrogens is 228 g/mol. The summed E-state index contributed by atoms with van der Waals surface area (Å²) in [5.41, 5.74) is 0. The first-order chi connectivity index (χ1) is 8.71. The van der Waals surface area contributed by atoms with Crippen LogP contribution in [-0.4, -0.2) is 63.3 Å². The average molecular weight is 256 g/mol. The average Bonchev–Trinajstić information content (AvgIpc) is 2.82. The minimum Gasteiger partial charge on any atom is -0.383 e. The van der Waals surface area contributed by atoms with Gasteiger partial charge >= 0.3 is 0 Å². The molecule has 2 N–H and O–H groups in total. The molecule has 2 atom stereocenters. The molecule has 1 saturated heterocycles. The normalized spacial score (nSPS) is 23.1. The Labute approximate surface area is 111 Å². The van der Waals surface area contributed by atoms with E-state index in [0.29, 0.717) is 12.6 Å². The summed E-state index contributed by atoms with van der Waals surface area (Å²) in [6.45, 7) is 8.34. The topological polar surface area (TPSA) is 48.9 Å². The molecule has 0 aromatic heterocycles. The Balaban J connectivity index is 2.31. The van der Waals surface area contributed by atoms with Gasteiger partial charge in [0.1, 0.15) is 0 Å². The number of nitrogens with one attached hydrogen (secondary N) is 2. The third-order valence-corrected chi connectivity index (χ3v) is 3.43. The van der Waals surface area contributed by atoms with Gasteiger partial charge in [0.15, 0.2) is 5.96 Å². The molecule has 1 rings (SSSR count). The summed E-state index contributed by atoms with van der Waals surface area (Å²) in [6.07, 6.45) is 2.59. The molecule has 0 amide bonds. The van der Waals surface area contributed by atoms with E-state index in [-0.39, 0.29) is 6.04 Å². The lowest BCUT2D eigenvalue weighted by atomic mass is 10.2. The fourth-order valence-electron chi connectivity index (χ4n) is 2.48. The highest BCUT2D eigenvalue weighted by atomic mass is 16.5. The first-order valence-corrected chi connectivity index (χ1v) is 6.91. The van der Waals surface area contributed by atoms with Crippen molar-refractivity contribution >= 4 is 5.96 Å². The second-order valence-electron chi connectivity index (χ2n) is 4.88. The van der Waals surface area contributed by atoms with Crippen LogP contribution in [0.3, 0.4) is 0 Å². The number of nitrogens with zero attached hydrogens (tertiary/aromatic N) is 2. The van der Waals surface area contributed by atoms with E-state index >= 15 is 0 Å². The summed E-state index contributed by atoms with van der Waals surface area (Å²) < 4.78 is 5.11. The first kappa shape index (κ1) is 15.2. The van der Waals surface area contributed by atoms with Crippen molar-refractivity contribution in [3.05, 3.63) is 0 Å². The molecule has 0 spiro atoms. The first-order valence-electron chi connectivity index (χ1n) is 6.91. The quantitative estimate of drug-likeness (QED) is 0.542. The third kappa shape index (κ3) is 4.82. The summed E-state index contributed by atoms with van der Waals surface area (Å²) in [4.78, 5) is 6.77. The van der Waals surface area contributed by atoms with Crippen molar-refractivity contribution in [3.8, 4) is 0 Å². The second-order valence-corrected chi connectivity index (χ2v) is 4.88. The number of hydrogen-bond acceptors (Lipinski definition) is 3. The lowest BCUT2D eigenvalue weighted by molar-refractivity contribution is 0.178. The van der Waals surface area contributed by atoms with E-state index in [1.54, 1.807) is 14.2 Å². The molecule has 1 fully saturated rings. The number of aliphatic imine (C=N–C) groups is 1. The molecule has 2 unspecified atom stereocenters. The van der Waals surface area contributed by atoms with Crippen LogP contribution < -0.4 is 10.6 Å². The largest absolute Gasteiger partial charge is 0.383 e. The molecule has 5 nitrogen and oxygen atoms in total. The van der Waals surface area contributed by atoms with Gasteiger partial charge in [-0.25, -0.2) is 0 Å². The van der Waals surface area contributed by atoms with Crippen LogP contribution >= 0.6 is 0 Å². The molecular formula is C13H28N4O. The van der Waals surface area contributed by atoms with Crippen molar-refractivity contribution in [2.24, 2.45) is 4.99 Å². The van der Waals surface area contributed by atoms with Crippen molar-refractivity contribution in [2.75, 3.05) is 40.4 Å². The SMILES string of the molecule is CCN1CCCC1CNC(=NC)NC(C)COC. The van der Waals surface area contributed by atoms with Crippen molar-refractivity contribution in [1.29, 1.82) is 0 Å². The number of hydrogen-bond donors (Lipinski definition) is 2. The van der Waals surface area contributed by atoms with Gasteiger partial charge in [-0.3, -0.25) is 9.89 Å². The molecule has 0 aromatic rings. The van der Waals surface area contributed by atoms with Gasteiger partial charge in [-0.05, 0) is 32.9 Å². The van der Waals surface area contributed by atoms with Crippen LogP contribution in [-0.2, 0) is 4.74 Å².